The van der Waals surface area contributed by atoms with Crippen molar-refractivity contribution in [2.24, 2.45) is 14.1 Å². The number of aromatic nitrogens is 4. The van der Waals surface area contributed by atoms with Crippen LogP contribution in [0.4, 0.5) is 0 Å². The van der Waals surface area contributed by atoms with Crippen LogP contribution in [0.1, 0.15) is 89.9 Å². The fraction of sp³-hybridized carbons (Fsp3) is 0.708. The molecule has 6 nitrogen and oxygen atoms in total. The van der Waals surface area contributed by atoms with Gasteiger partial charge in [0.05, 0.1) is 6.33 Å². The highest BCUT2D eigenvalue weighted by Crippen LogP contribution is 2.13. The van der Waals surface area contributed by atoms with E-state index in [9.17, 15) is 9.59 Å². The number of nitrogens with zero attached hydrogens (tertiary/aromatic N) is 4. The molecule has 0 radical (unpaired) electrons. The van der Waals surface area contributed by atoms with Gasteiger partial charge in [0.15, 0.2) is 11.2 Å². The van der Waals surface area contributed by atoms with Gasteiger partial charge in [-0.2, -0.15) is 0 Å². The summed E-state index contributed by atoms with van der Waals surface area (Å²) in [4.78, 5) is 29.3. The number of rotatable bonds is 16. The molecular formula is C24H40N4O2. The van der Waals surface area contributed by atoms with E-state index in [1.54, 1.807) is 25.0 Å². The van der Waals surface area contributed by atoms with E-state index in [-0.39, 0.29) is 11.2 Å². The van der Waals surface area contributed by atoms with Gasteiger partial charge in [0, 0.05) is 20.6 Å². The molecule has 6 heteroatoms. The van der Waals surface area contributed by atoms with Crippen molar-refractivity contribution < 1.29 is 0 Å². The number of hydrogen-bond donors (Lipinski definition) is 0. The fourth-order valence-electron chi connectivity index (χ4n) is 4.10. The summed E-state index contributed by atoms with van der Waals surface area (Å²) in [5, 5.41) is 0. The summed E-state index contributed by atoms with van der Waals surface area (Å²) in [5.74, 6) is 0. The molecule has 0 aliphatic carbocycles. The molecule has 0 unspecified atom stereocenters. The molecule has 0 fully saturated rings. The van der Waals surface area contributed by atoms with Crippen molar-refractivity contribution in [3.05, 3.63) is 39.8 Å². The Kier molecular flexibility index (Phi) is 10.7. The van der Waals surface area contributed by atoms with Crippen molar-refractivity contribution in [1.82, 2.24) is 18.7 Å². The van der Waals surface area contributed by atoms with Gasteiger partial charge in [-0.05, 0) is 19.3 Å². The molecule has 0 aliphatic heterocycles. The van der Waals surface area contributed by atoms with Gasteiger partial charge in [-0.15, -0.1) is 6.58 Å². The first-order chi connectivity index (χ1) is 14.6. The summed E-state index contributed by atoms with van der Waals surface area (Å²) in [6.07, 6.45) is 21.2. The standard InChI is InChI=1S/C24H40N4O2/c1-4-5-6-7-8-9-10-11-12-13-14-15-16-17-18-19-28-23(29)21-22(25-20-26(21)2)27(3)24(28)30/h4,20H,1,5-19H2,2-3H3. The lowest BCUT2D eigenvalue weighted by atomic mass is 10.0. The summed E-state index contributed by atoms with van der Waals surface area (Å²) >= 11 is 0. The minimum Gasteiger partial charge on any atom is -0.328 e. The lowest BCUT2D eigenvalue weighted by molar-refractivity contribution is 0.511. The van der Waals surface area contributed by atoms with Gasteiger partial charge in [-0.25, -0.2) is 9.78 Å². The molecule has 30 heavy (non-hydrogen) atoms. The maximum atomic E-state index is 12.6. The Balaban J connectivity index is 1.56. The first kappa shape index (κ1) is 24.2. The molecule has 0 saturated heterocycles. The smallest absolute Gasteiger partial charge is 0.328 e. The molecule has 0 atom stereocenters. The van der Waals surface area contributed by atoms with Gasteiger partial charge in [-0.1, -0.05) is 76.7 Å². The van der Waals surface area contributed by atoms with Crippen LogP contribution in [0, 0.1) is 0 Å². The lowest BCUT2D eigenvalue weighted by Gasteiger charge is -2.08. The van der Waals surface area contributed by atoms with Crippen molar-refractivity contribution in [3.8, 4) is 0 Å². The van der Waals surface area contributed by atoms with Crippen LogP contribution < -0.4 is 11.2 Å². The molecule has 2 aromatic heterocycles. The molecule has 0 aromatic carbocycles. The molecule has 0 N–H and O–H groups in total. The molecule has 0 spiro atoms. The average molecular weight is 417 g/mol. The second-order valence-electron chi connectivity index (χ2n) is 8.50. The van der Waals surface area contributed by atoms with Crippen LogP contribution in [0.2, 0.25) is 0 Å². The van der Waals surface area contributed by atoms with Crippen LogP contribution in [0.5, 0.6) is 0 Å². The van der Waals surface area contributed by atoms with Crippen LogP contribution in [0.3, 0.4) is 0 Å². The Labute approximate surface area is 180 Å². The average Bonchev–Trinajstić information content (AvgIpc) is 3.13. The highest BCUT2D eigenvalue weighted by Gasteiger charge is 2.14. The van der Waals surface area contributed by atoms with E-state index in [0.717, 1.165) is 19.3 Å². The first-order valence-corrected chi connectivity index (χ1v) is 11.8. The van der Waals surface area contributed by atoms with E-state index in [2.05, 4.69) is 11.6 Å². The van der Waals surface area contributed by atoms with Crippen LogP contribution in [-0.4, -0.2) is 18.7 Å². The second kappa shape index (κ2) is 13.2. The SMILES string of the molecule is C=CCCCCCCCCCCCCCCCn1c(=O)c2c(ncn2C)n(C)c1=O. The number of hydrogen-bond acceptors (Lipinski definition) is 3. The van der Waals surface area contributed by atoms with Crippen molar-refractivity contribution in [3.63, 3.8) is 0 Å². The van der Waals surface area contributed by atoms with Gasteiger partial charge < -0.3 is 4.57 Å². The maximum Gasteiger partial charge on any atom is 0.332 e. The van der Waals surface area contributed by atoms with Gasteiger partial charge >= 0.3 is 5.69 Å². The van der Waals surface area contributed by atoms with E-state index in [4.69, 9.17) is 0 Å². The Morgan fingerprint density at radius 3 is 1.87 bits per heavy atom. The van der Waals surface area contributed by atoms with Crippen LogP contribution in [0.25, 0.3) is 11.2 Å². The Morgan fingerprint density at radius 1 is 0.833 bits per heavy atom. The highest BCUT2D eigenvalue weighted by molar-refractivity contribution is 5.69. The summed E-state index contributed by atoms with van der Waals surface area (Å²) in [5.41, 5.74) is 0.450. The molecule has 0 bridgehead atoms. The van der Waals surface area contributed by atoms with E-state index in [1.165, 1.54) is 79.8 Å². The van der Waals surface area contributed by atoms with Crippen LogP contribution in [0.15, 0.2) is 28.6 Å². The topological polar surface area (TPSA) is 61.8 Å². The van der Waals surface area contributed by atoms with Gasteiger partial charge in [-0.3, -0.25) is 13.9 Å². The zero-order valence-electron chi connectivity index (χ0n) is 19.1. The van der Waals surface area contributed by atoms with E-state index < -0.39 is 0 Å². The van der Waals surface area contributed by atoms with E-state index in [0.29, 0.717) is 17.7 Å². The van der Waals surface area contributed by atoms with Crippen molar-refractivity contribution in [2.45, 2.75) is 96.4 Å². The molecule has 2 rings (SSSR count). The van der Waals surface area contributed by atoms with E-state index in [1.807, 2.05) is 6.08 Å². The summed E-state index contributed by atoms with van der Waals surface area (Å²) in [7, 11) is 3.46. The summed E-state index contributed by atoms with van der Waals surface area (Å²) < 4.78 is 4.52. The number of imidazole rings is 1. The van der Waals surface area contributed by atoms with Gasteiger partial charge in [0.1, 0.15) is 0 Å². The van der Waals surface area contributed by atoms with Crippen molar-refractivity contribution >= 4 is 11.2 Å². The molecule has 0 saturated carbocycles. The zero-order valence-corrected chi connectivity index (χ0v) is 19.1. The second-order valence-corrected chi connectivity index (χ2v) is 8.50. The summed E-state index contributed by atoms with van der Waals surface area (Å²) in [6.45, 7) is 4.25. The largest absolute Gasteiger partial charge is 0.332 e. The molecule has 2 aromatic rings. The summed E-state index contributed by atoms with van der Waals surface area (Å²) in [6, 6.07) is 0. The fourth-order valence-corrected chi connectivity index (χ4v) is 4.10. The number of unbranched alkanes of at least 4 members (excludes halogenated alkanes) is 13. The minimum atomic E-state index is -0.271. The minimum absolute atomic E-state index is 0.228. The number of aryl methyl sites for hydroxylation is 2. The lowest BCUT2D eigenvalue weighted by Crippen LogP contribution is -2.39. The molecular weight excluding hydrogens is 376 g/mol. The third-order valence-corrected chi connectivity index (χ3v) is 5.99. The number of allylic oxidation sites excluding steroid dienone is 1. The monoisotopic (exact) mass is 416 g/mol. The number of fused-ring (bicyclic) bond motifs is 1. The van der Waals surface area contributed by atoms with Crippen molar-refractivity contribution in [2.75, 3.05) is 0 Å². The van der Waals surface area contributed by atoms with Crippen molar-refractivity contribution in [1.29, 1.82) is 0 Å². The maximum absolute atomic E-state index is 12.6. The van der Waals surface area contributed by atoms with Gasteiger partial charge in [0.2, 0.25) is 0 Å². The van der Waals surface area contributed by atoms with Gasteiger partial charge in [0.25, 0.3) is 5.56 Å². The quantitative estimate of drug-likeness (QED) is 0.283. The first-order valence-electron chi connectivity index (χ1n) is 11.8. The third kappa shape index (κ3) is 6.99. The highest BCUT2D eigenvalue weighted by atomic mass is 16.2. The predicted molar refractivity (Wildman–Crippen MR) is 125 cm³/mol. The molecule has 0 amide bonds. The third-order valence-electron chi connectivity index (χ3n) is 5.99. The normalized spacial score (nSPS) is 11.4. The molecule has 168 valence electrons. The Bertz CT molecular complexity index is 891. The molecule has 0 aliphatic rings. The Hall–Kier alpha value is -2.11. The van der Waals surface area contributed by atoms with Crippen LogP contribution in [-0.2, 0) is 20.6 Å². The molecule has 2 heterocycles. The predicted octanol–water partition coefficient (Wildman–Crippen LogP) is 5.08. The Morgan fingerprint density at radius 2 is 1.33 bits per heavy atom. The zero-order chi connectivity index (χ0) is 21.8. The van der Waals surface area contributed by atoms with Crippen LogP contribution >= 0.6 is 0 Å². The van der Waals surface area contributed by atoms with E-state index >= 15 is 0 Å².